The van der Waals surface area contributed by atoms with E-state index < -0.39 is 0 Å². The molecule has 9 aromatic carbocycles. The summed E-state index contributed by atoms with van der Waals surface area (Å²) in [6, 6.07) is 58.6. The summed E-state index contributed by atoms with van der Waals surface area (Å²) in [6.07, 6.45) is 7.50. The molecule has 0 saturated carbocycles. The molecule has 2 heteroatoms. The smallest absolute Gasteiger partial charge is 0.0273 e. The molecule has 2 aromatic heterocycles. The van der Waals surface area contributed by atoms with E-state index in [0.29, 0.717) is 0 Å². The summed E-state index contributed by atoms with van der Waals surface area (Å²) in [7, 11) is 0. The molecule has 0 bridgehead atoms. The van der Waals surface area contributed by atoms with Crippen molar-refractivity contribution in [3.8, 4) is 22.3 Å². The Kier molecular flexibility index (Phi) is 6.28. The van der Waals surface area contributed by atoms with Gasteiger partial charge in [0.15, 0.2) is 0 Å². The Morgan fingerprint density at radius 1 is 0.231 bits per heavy atom. The van der Waals surface area contributed by atoms with E-state index in [2.05, 4.69) is 168 Å². The maximum absolute atomic E-state index is 4.32. The molecule has 0 N–H and O–H groups in total. The van der Waals surface area contributed by atoms with Crippen LogP contribution in [0, 0.1) is 0 Å². The number of aromatic nitrogens is 2. The number of hydrogen-bond donors (Lipinski definition) is 0. The van der Waals surface area contributed by atoms with Crippen molar-refractivity contribution in [3.63, 3.8) is 0 Å². The average Bonchev–Trinajstić information content (AvgIpc) is 3.22. The van der Waals surface area contributed by atoms with Crippen LogP contribution in [-0.2, 0) is 0 Å². The molecule has 0 unspecified atom stereocenters. The summed E-state index contributed by atoms with van der Waals surface area (Å²) in [4.78, 5) is 8.63. The third kappa shape index (κ3) is 4.31. The molecule has 0 amide bonds. The molecule has 2 heterocycles. The van der Waals surface area contributed by atoms with E-state index in [0.717, 1.165) is 11.1 Å². The minimum absolute atomic E-state index is 1.15. The maximum Gasteiger partial charge on any atom is 0.0273 e. The molecule has 0 radical (unpaired) electrons. The van der Waals surface area contributed by atoms with Crippen LogP contribution in [0.3, 0.4) is 0 Å². The Hall–Kier alpha value is -6.90. The fourth-order valence-electron chi connectivity index (χ4n) is 8.65. The van der Waals surface area contributed by atoms with Crippen LogP contribution in [0.4, 0.5) is 0 Å². The Balaban J connectivity index is 1.48. The van der Waals surface area contributed by atoms with Crippen molar-refractivity contribution in [3.05, 3.63) is 183 Å². The van der Waals surface area contributed by atoms with Gasteiger partial charge in [-0.1, -0.05) is 115 Å². The first kappa shape index (κ1) is 28.9. The van der Waals surface area contributed by atoms with Crippen LogP contribution in [0.5, 0.6) is 0 Å². The highest BCUT2D eigenvalue weighted by Gasteiger charge is 2.16. The van der Waals surface area contributed by atoms with Gasteiger partial charge >= 0.3 is 0 Å². The molecule has 0 aliphatic heterocycles. The van der Waals surface area contributed by atoms with Gasteiger partial charge in [0.25, 0.3) is 0 Å². The Morgan fingerprint density at radius 3 is 1.29 bits per heavy atom. The number of pyridine rings is 2. The van der Waals surface area contributed by atoms with Gasteiger partial charge in [-0.3, -0.25) is 9.97 Å². The van der Waals surface area contributed by atoms with Crippen molar-refractivity contribution in [2.75, 3.05) is 0 Å². The molecule has 52 heavy (non-hydrogen) atoms. The third-order valence-corrected chi connectivity index (χ3v) is 11.0. The molecule has 240 valence electrons. The molecular formula is C50H30N2. The van der Waals surface area contributed by atoms with Crippen LogP contribution in [0.1, 0.15) is 0 Å². The predicted molar refractivity (Wildman–Crippen MR) is 222 cm³/mol. The lowest BCUT2D eigenvalue weighted by molar-refractivity contribution is 1.33. The Bertz CT molecular complexity index is 3260. The number of benzene rings is 8. The van der Waals surface area contributed by atoms with Crippen molar-refractivity contribution in [1.82, 2.24) is 9.97 Å². The van der Waals surface area contributed by atoms with E-state index in [4.69, 9.17) is 0 Å². The van der Waals surface area contributed by atoms with Crippen LogP contribution in [0.2, 0.25) is 0 Å². The van der Waals surface area contributed by atoms with E-state index in [1.54, 1.807) is 0 Å². The zero-order valence-corrected chi connectivity index (χ0v) is 28.2. The standard InChI is InChI=1S/C50H30N2/c1-2-9-39-38(8-1)41-17-15-35(31-20-24-51-25-21-31)28-45(41)40-10-3-4-11-43(40)50-44-19-14-34-7-5-6-33-12-13-37(49(44)48(33)34)30-47(50)46-29-36(16-18-42(39)46)32-22-26-52-27-23-32/h1-30H. The largest absolute Gasteiger partial charge is 0.265 e. The van der Waals surface area contributed by atoms with Crippen molar-refractivity contribution in [2.24, 2.45) is 0 Å². The van der Waals surface area contributed by atoms with Crippen molar-refractivity contribution in [1.29, 1.82) is 0 Å². The van der Waals surface area contributed by atoms with E-state index in [1.807, 2.05) is 24.8 Å². The van der Waals surface area contributed by atoms with Crippen LogP contribution < -0.4 is 0 Å². The Morgan fingerprint density at radius 2 is 0.692 bits per heavy atom. The first-order valence-electron chi connectivity index (χ1n) is 17.8. The zero-order chi connectivity index (χ0) is 34.2. The second-order valence-electron chi connectivity index (χ2n) is 13.7. The normalized spacial score (nSPS) is 11.8. The molecule has 11 aromatic rings. The van der Waals surface area contributed by atoms with Gasteiger partial charge in [0.05, 0.1) is 0 Å². The topological polar surface area (TPSA) is 25.8 Å². The highest BCUT2D eigenvalue weighted by molar-refractivity contribution is 6.36. The van der Waals surface area contributed by atoms with Crippen LogP contribution in [0.25, 0.3) is 108 Å². The molecule has 0 saturated heterocycles. The van der Waals surface area contributed by atoms with E-state index in [9.17, 15) is 0 Å². The van der Waals surface area contributed by atoms with Gasteiger partial charge in [-0.15, -0.1) is 0 Å². The predicted octanol–water partition coefficient (Wildman–Crippen LogP) is 13.6. The van der Waals surface area contributed by atoms with Crippen LogP contribution in [0.15, 0.2) is 183 Å². The summed E-state index contributed by atoms with van der Waals surface area (Å²) >= 11 is 0. The molecule has 0 aliphatic carbocycles. The van der Waals surface area contributed by atoms with E-state index in [1.165, 1.54) is 97.3 Å². The molecular weight excluding hydrogens is 629 g/mol. The molecule has 0 spiro atoms. The number of nitrogens with zero attached hydrogens (tertiary/aromatic N) is 2. The number of rotatable bonds is 2. The van der Waals surface area contributed by atoms with Crippen LogP contribution in [-0.4, -0.2) is 9.97 Å². The first-order valence-corrected chi connectivity index (χ1v) is 17.8. The summed E-state index contributed by atoms with van der Waals surface area (Å²) in [5.74, 6) is 0. The SMILES string of the molecule is c1cc2ccc3cc4c5cc(-c6ccncc6)ccc5c5ccccc5c5ccc(-c6ccncc6)cc5c5ccccc5c4c4ccc(c1)c2c34. The lowest BCUT2D eigenvalue weighted by atomic mass is 9.87. The summed E-state index contributed by atoms with van der Waals surface area (Å²) < 4.78 is 0. The van der Waals surface area contributed by atoms with Crippen molar-refractivity contribution in [2.45, 2.75) is 0 Å². The second-order valence-corrected chi connectivity index (χ2v) is 13.7. The zero-order valence-electron chi connectivity index (χ0n) is 28.2. The lowest BCUT2D eigenvalue weighted by Crippen LogP contribution is -1.88. The first-order chi connectivity index (χ1) is 25.8. The fraction of sp³-hybridized carbons (Fsp3) is 0. The highest BCUT2D eigenvalue weighted by Crippen LogP contribution is 2.44. The van der Waals surface area contributed by atoms with Gasteiger partial charge < -0.3 is 0 Å². The van der Waals surface area contributed by atoms with Crippen molar-refractivity contribution < 1.29 is 0 Å². The average molecular weight is 659 g/mol. The molecule has 0 fully saturated rings. The van der Waals surface area contributed by atoms with Gasteiger partial charge in [-0.05, 0) is 151 Å². The summed E-state index contributed by atoms with van der Waals surface area (Å²) in [6.45, 7) is 0. The molecule has 11 rings (SSSR count). The van der Waals surface area contributed by atoms with Gasteiger partial charge in [-0.2, -0.15) is 0 Å². The summed E-state index contributed by atoms with van der Waals surface area (Å²) in [5.41, 5.74) is 4.64. The van der Waals surface area contributed by atoms with Crippen LogP contribution >= 0.6 is 0 Å². The third-order valence-electron chi connectivity index (χ3n) is 11.0. The molecule has 0 atom stereocenters. The van der Waals surface area contributed by atoms with Crippen molar-refractivity contribution >= 4 is 86.2 Å². The number of fused-ring (bicyclic) bond motifs is 11. The second kappa shape index (κ2) is 11.3. The van der Waals surface area contributed by atoms with Gasteiger partial charge in [0.1, 0.15) is 0 Å². The lowest BCUT2D eigenvalue weighted by Gasteiger charge is -2.16. The Labute approximate surface area is 299 Å². The van der Waals surface area contributed by atoms with Gasteiger partial charge in [0.2, 0.25) is 0 Å². The van der Waals surface area contributed by atoms with Gasteiger partial charge in [-0.25, -0.2) is 0 Å². The monoisotopic (exact) mass is 658 g/mol. The maximum atomic E-state index is 4.32. The quantitative estimate of drug-likeness (QED) is 0.173. The molecule has 0 aliphatic rings. The minimum Gasteiger partial charge on any atom is -0.265 e. The van der Waals surface area contributed by atoms with E-state index >= 15 is 0 Å². The van der Waals surface area contributed by atoms with E-state index in [-0.39, 0.29) is 0 Å². The highest BCUT2D eigenvalue weighted by atomic mass is 14.6. The fourth-order valence-corrected chi connectivity index (χ4v) is 8.65. The van der Waals surface area contributed by atoms with Gasteiger partial charge in [0, 0.05) is 24.8 Å². The number of hydrogen-bond acceptors (Lipinski definition) is 2. The summed E-state index contributed by atoms with van der Waals surface area (Å²) in [5, 5.41) is 19.9. The molecule has 2 nitrogen and oxygen atoms in total. The minimum atomic E-state index is 1.15.